The maximum atomic E-state index is 12.2. The summed E-state index contributed by atoms with van der Waals surface area (Å²) < 4.78 is 34.3. The Hall–Kier alpha value is -1.58. The molecule has 0 unspecified atom stereocenters. The van der Waals surface area contributed by atoms with Crippen LogP contribution in [0.15, 0.2) is 28.3 Å². The predicted octanol–water partition coefficient (Wildman–Crippen LogP) is 1.46. The van der Waals surface area contributed by atoms with Gasteiger partial charge in [0.1, 0.15) is 0 Å². The SMILES string of the molecule is CCOCCC1(CNC(=NC)NCCNS(=O)(=O)c2ccn(C)c2)CCCC1. The first-order chi connectivity index (χ1) is 13.4. The Morgan fingerprint density at radius 1 is 1.29 bits per heavy atom. The molecular formula is C19H35N5O3S. The van der Waals surface area contributed by atoms with Crippen LogP contribution < -0.4 is 15.4 Å². The van der Waals surface area contributed by atoms with Crippen molar-refractivity contribution < 1.29 is 13.2 Å². The number of nitrogens with zero attached hydrogens (tertiary/aromatic N) is 2. The van der Waals surface area contributed by atoms with E-state index in [1.165, 1.54) is 25.7 Å². The molecule has 160 valence electrons. The van der Waals surface area contributed by atoms with Gasteiger partial charge in [-0.25, -0.2) is 13.1 Å². The van der Waals surface area contributed by atoms with Crippen molar-refractivity contribution in [2.24, 2.45) is 17.5 Å². The Kier molecular flexibility index (Phi) is 8.78. The average Bonchev–Trinajstić information content (AvgIpc) is 3.31. The van der Waals surface area contributed by atoms with Crippen LogP contribution in [-0.4, -0.2) is 58.8 Å². The van der Waals surface area contributed by atoms with Gasteiger partial charge in [0.25, 0.3) is 0 Å². The van der Waals surface area contributed by atoms with Crippen LogP contribution in [0.3, 0.4) is 0 Å². The van der Waals surface area contributed by atoms with Crippen LogP contribution in [-0.2, 0) is 21.8 Å². The van der Waals surface area contributed by atoms with Gasteiger partial charge in [-0.05, 0) is 37.7 Å². The normalized spacial score (nSPS) is 17.0. The molecule has 9 heteroatoms. The molecule has 0 bridgehead atoms. The lowest BCUT2D eigenvalue weighted by molar-refractivity contribution is 0.105. The molecule has 8 nitrogen and oxygen atoms in total. The smallest absolute Gasteiger partial charge is 0.242 e. The number of nitrogens with one attached hydrogen (secondary N) is 3. The number of guanidine groups is 1. The Morgan fingerprint density at radius 3 is 2.64 bits per heavy atom. The minimum absolute atomic E-state index is 0.266. The Morgan fingerprint density at radius 2 is 2.04 bits per heavy atom. The zero-order valence-electron chi connectivity index (χ0n) is 17.3. The predicted molar refractivity (Wildman–Crippen MR) is 112 cm³/mol. The molecular weight excluding hydrogens is 378 g/mol. The van der Waals surface area contributed by atoms with Crippen LogP contribution in [0, 0.1) is 5.41 Å². The van der Waals surface area contributed by atoms with Crippen LogP contribution in [0.2, 0.25) is 0 Å². The zero-order valence-corrected chi connectivity index (χ0v) is 18.1. The molecule has 0 atom stereocenters. The Balaban J connectivity index is 1.75. The van der Waals surface area contributed by atoms with Crippen molar-refractivity contribution in [3.8, 4) is 0 Å². The van der Waals surface area contributed by atoms with E-state index in [0.29, 0.717) is 12.5 Å². The summed E-state index contributed by atoms with van der Waals surface area (Å²) in [5, 5.41) is 6.60. The summed E-state index contributed by atoms with van der Waals surface area (Å²) in [6.45, 7) is 5.18. The molecule has 1 aromatic heterocycles. The molecule has 0 saturated heterocycles. The van der Waals surface area contributed by atoms with Crippen LogP contribution >= 0.6 is 0 Å². The van der Waals surface area contributed by atoms with Gasteiger partial charge in [-0.2, -0.15) is 0 Å². The van der Waals surface area contributed by atoms with Gasteiger partial charge in [-0.3, -0.25) is 4.99 Å². The minimum atomic E-state index is -3.48. The number of hydrogen-bond donors (Lipinski definition) is 3. The van der Waals surface area contributed by atoms with E-state index in [2.05, 4.69) is 20.3 Å². The largest absolute Gasteiger partial charge is 0.382 e. The van der Waals surface area contributed by atoms with Gasteiger partial charge in [0, 0.05) is 59.3 Å². The highest BCUT2D eigenvalue weighted by Gasteiger charge is 2.33. The van der Waals surface area contributed by atoms with Gasteiger partial charge >= 0.3 is 0 Å². The number of aliphatic imine (C=N–C) groups is 1. The molecule has 1 aliphatic rings. The second kappa shape index (κ2) is 10.8. The molecule has 0 radical (unpaired) electrons. The topological polar surface area (TPSA) is 96.8 Å². The van der Waals surface area contributed by atoms with Gasteiger partial charge in [-0.1, -0.05) is 12.8 Å². The van der Waals surface area contributed by atoms with Crippen molar-refractivity contribution in [2.75, 3.05) is 39.9 Å². The highest BCUT2D eigenvalue weighted by atomic mass is 32.2. The number of ether oxygens (including phenoxy) is 1. The van der Waals surface area contributed by atoms with E-state index in [9.17, 15) is 8.42 Å². The highest BCUT2D eigenvalue weighted by Crippen LogP contribution is 2.40. The maximum Gasteiger partial charge on any atom is 0.242 e. The van der Waals surface area contributed by atoms with Gasteiger partial charge in [0.05, 0.1) is 4.90 Å². The summed E-state index contributed by atoms with van der Waals surface area (Å²) in [6.07, 6.45) is 9.30. The molecule has 0 aromatic carbocycles. The highest BCUT2D eigenvalue weighted by molar-refractivity contribution is 7.89. The summed E-state index contributed by atoms with van der Waals surface area (Å²) in [6, 6.07) is 1.58. The number of aromatic nitrogens is 1. The van der Waals surface area contributed by atoms with E-state index in [1.807, 2.05) is 6.92 Å². The summed E-state index contributed by atoms with van der Waals surface area (Å²) in [4.78, 5) is 4.53. The molecule has 1 fully saturated rings. The van der Waals surface area contributed by atoms with Gasteiger partial charge < -0.3 is 19.9 Å². The van der Waals surface area contributed by atoms with Crippen molar-refractivity contribution >= 4 is 16.0 Å². The molecule has 1 heterocycles. The van der Waals surface area contributed by atoms with E-state index in [4.69, 9.17) is 4.74 Å². The molecule has 0 spiro atoms. The van der Waals surface area contributed by atoms with Gasteiger partial charge in [0.2, 0.25) is 10.0 Å². The van der Waals surface area contributed by atoms with Crippen LogP contribution in [0.4, 0.5) is 0 Å². The molecule has 1 saturated carbocycles. The number of aryl methyl sites for hydroxylation is 1. The molecule has 1 aromatic rings. The van der Waals surface area contributed by atoms with Gasteiger partial charge in [-0.15, -0.1) is 0 Å². The maximum absolute atomic E-state index is 12.2. The van der Waals surface area contributed by atoms with Crippen molar-refractivity contribution in [3.05, 3.63) is 18.5 Å². The molecule has 3 N–H and O–H groups in total. The number of rotatable bonds is 11. The standard InChI is InChI=1S/C19H35N5O3S/c1-4-27-14-10-19(8-5-6-9-19)16-22-18(20-2)21-11-12-23-28(25,26)17-7-13-24(3)15-17/h7,13,15,23H,4-6,8-12,14,16H2,1-3H3,(H2,20,21,22). The second-order valence-corrected chi connectivity index (χ2v) is 9.18. The van der Waals surface area contributed by atoms with E-state index >= 15 is 0 Å². The fraction of sp³-hybridized carbons (Fsp3) is 0.737. The third-order valence-electron chi connectivity index (χ3n) is 5.32. The molecule has 0 aliphatic heterocycles. The summed E-state index contributed by atoms with van der Waals surface area (Å²) in [7, 11) is 0.0434. The van der Waals surface area contributed by atoms with E-state index in [1.54, 1.807) is 37.1 Å². The van der Waals surface area contributed by atoms with Crippen molar-refractivity contribution in [2.45, 2.75) is 43.9 Å². The summed E-state index contributed by atoms with van der Waals surface area (Å²) in [5.74, 6) is 0.696. The van der Waals surface area contributed by atoms with E-state index < -0.39 is 10.0 Å². The van der Waals surface area contributed by atoms with Crippen molar-refractivity contribution in [1.82, 2.24) is 19.9 Å². The first kappa shape index (κ1) is 22.7. The third-order valence-corrected chi connectivity index (χ3v) is 6.77. The zero-order chi connectivity index (χ0) is 20.5. The Bertz CT molecular complexity index is 724. The lowest BCUT2D eigenvalue weighted by Gasteiger charge is -2.30. The third kappa shape index (κ3) is 6.79. The molecule has 2 rings (SSSR count). The summed E-state index contributed by atoms with van der Waals surface area (Å²) >= 11 is 0. The first-order valence-electron chi connectivity index (χ1n) is 10.0. The van der Waals surface area contributed by atoms with Crippen LogP contribution in [0.25, 0.3) is 0 Å². The van der Waals surface area contributed by atoms with Crippen molar-refractivity contribution in [3.63, 3.8) is 0 Å². The van der Waals surface area contributed by atoms with Gasteiger partial charge in [0.15, 0.2) is 5.96 Å². The van der Waals surface area contributed by atoms with Crippen molar-refractivity contribution in [1.29, 1.82) is 0 Å². The summed E-state index contributed by atoms with van der Waals surface area (Å²) in [5.41, 5.74) is 0.266. The van der Waals surface area contributed by atoms with Crippen LogP contribution in [0.5, 0.6) is 0 Å². The molecule has 1 aliphatic carbocycles. The number of hydrogen-bond acceptors (Lipinski definition) is 4. The van der Waals surface area contributed by atoms with Crippen LogP contribution in [0.1, 0.15) is 39.0 Å². The van der Waals surface area contributed by atoms with E-state index in [-0.39, 0.29) is 16.9 Å². The second-order valence-electron chi connectivity index (χ2n) is 7.42. The lowest BCUT2D eigenvalue weighted by Crippen LogP contribution is -2.45. The fourth-order valence-corrected chi connectivity index (χ4v) is 4.73. The first-order valence-corrected chi connectivity index (χ1v) is 11.5. The van der Waals surface area contributed by atoms with E-state index in [0.717, 1.165) is 26.2 Å². The average molecular weight is 414 g/mol. The Labute approximate surface area is 169 Å². The number of sulfonamides is 1. The molecule has 0 amide bonds. The quantitative estimate of drug-likeness (QED) is 0.290. The monoisotopic (exact) mass is 413 g/mol. The molecule has 28 heavy (non-hydrogen) atoms. The fourth-order valence-electron chi connectivity index (χ4n) is 3.65. The lowest BCUT2D eigenvalue weighted by atomic mass is 9.83. The minimum Gasteiger partial charge on any atom is -0.382 e.